The molecule has 0 saturated heterocycles. The lowest BCUT2D eigenvalue weighted by atomic mass is 10.4. The second-order valence-corrected chi connectivity index (χ2v) is 5.34. The van der Waals surface area contributed by atoms with Crippen molar-refractivity contribution in [3.8, 4) is 0 Å². The van der Waals surface area contributed by atoms with Crippen LogP contribution in [0.1, 0.15) is 19.5 Å². The number of likely N-dealkylation sites (N-methyl/N-ethyl adjacent to an activating group) is 1. The molecule has 5 nitrogen and oxygen atoms in total. The number of nitrogens with one attached hydrogen (secondary N) is 1. The van der Waals surface area contributed by atoms with Crippen molar-refractivity contribution in [2.24, 2.45) is 0 Å². The molecule has 0 aromatic carbocycles. The van der Waals surface area contributed by atoms with E-state index in [0.717, 1.165) is 5.69 Å². The summed E-state index contributed by atoms with van der Waals surface area (Å²) in [5.74, 6) is -0.335. The largest absolute Gasteiger partial charge is 0.347 e. The number of carbonyl (C=O) groups excluding carboxylic acids is 2. The first-order valence-electron chi connectivity index (χ1n) is 7.17. The number of aromatic nitrogens is 1. The Morgan fingerprint density at radius 1 is 1.17 bits per heavy atom. The Hall–Kier alpha value is -2.47. The van der Waals surface area contributed by atoms with Crippen molar-refractivity contribution in [1.29, 1.82) is 0 Å². The highest BCUT2D eigenvalue weighted by Crippen LogP contribution is 2.19. The lowest BCUT2D eigenvalue weighted by Crippen LogP contribution is -2.24. The van der Waals surface area contributed by atoms with Crippen LogP contribution < -0.4 is 10.2 Å². The molecule has 0 unspecified atom stereocenters. The second-order valence-electron chi connectivity index (χ2n) is 4.51. The van der Waals surface area contributed by atoms with E-state index in [4.69, 9.17) is 0 Å². The molecule has 6 heteroatoms. The van der Waals surface area contributed by atoms with Gasteiger partial charge in [-0.05, 0) is 13.8 Å². The fourth-order valence-electron chi connectivity index (χ4n) is 1.48. The minimum Gasteiger partial charge on any atom is -0.347 e. The van der Waals surface area contributed by atoms with E-state index >= 15 is 0 Å². The Morgan fingerprint density at radius 3 is 2.48 bits per heavy atom. The summed E-state index contributed by atoms with van der Waals surface area (Å²) in [5.41, 5.74) is 0.717. The van der Waals surface area contributed by atoms with Crippen molar-refractivity contribution in [3.05, 3.63) is 59.7 Å². The van der Waals surface area contributed by atoms with Gasteiger partial charge in [0.2, 0.25) is 5.91 Å². The van der Waals surface area contributed by atoms with Crippen LogP contribution in [-0.2, 0) is 16.1 Å². The Bertz CT molecular complexity index is 642. The fraction of sp³-hybridized carbons (Fsp3) is 0.235. The van der Waals surface area contributed by atoms with Gasteiger partial charge in [0.1, 0.15) is 0 Å². The zero-order chi connectivity index (χ0) is 17.1. The number of allylic oxidation sites excluding steroid dienone is 6. The van der Waals surface area contributed by atoms with Crippen LogP contribution >= 0.6 is 11.3 Å². The van der Waals surface area contributed by atoms with Crippen LogP contribution in [0.25, 0.3) is 0 Å². The molecule has 1 aromatic heterocycles. The van der Waals surface area contributed by atoms with E-state index in [1.54, 1.807) is 31.4 Å². The molecule has 0 spiro atoms. The van der Waals surface area contributed by atoms with E-state index < -0.39 is 0 Å². The van der Waals surface area contributed by atoms with E-state index in [-0.39, 0.29) is 11.8 Å². The zero-order valence-electron chi connectivity index (χ0n) is 13.5. The van der Waals surface area contributed by atoms with Crippen molar-refractivity contribution in [3.63, 3.8) is 0 Å². The number of carbonyl (C=O) groups is 2. The fourth-order valence-corrected chi connectivity index (χ4v) is 2.27. The smallest absolute Gasteiger partial charge is 0.252 e. The normalized spacial score (nSPS) is 12.0. The number of rotatable bonds is 7. The van der Waals surface area contributed by atoms with E-state index in [9.17, 15) is 9.59 Å². The van der Waals surface area contributed by atoms with Crippen molar-refractivity contribution < 1.29 is 9.59 Å². The summed E-state index contributed by atoms with van der Waals surface area (Å²) in [7, 11) is 1.67. The molecule has 1 rings (SSSR count). The first-order chi connectivity index (χ1) is 11.1. The summed E-state index contributed by atoms with van der Waals surface area (Å²) in [4.78, 5) is 29.3. The van der Waals surface area contributed by atoms with E-state index in [1.807, 2.05) is 31.4 Å². The van der Waals surface area contributed by atoms with Gasteiger partial charge < -0.3 is 5.32 Å². The number of nitrogens with zero attached hydrogens (tertiary/aromatic N) is 2. The molecule has 0 saturated carbocycles. The predicted molar refractivity (Wildman–Crippen MR) is 95.3 cm³/mol. The monoisotopic (exact) mass is 331 g/mol. The third kappa shape index (κ3) is 6.88. The highest BCUT2D eigenvalue weighted by atomic mass is 32.1. The number of amides is 2. The average Bonchev–Trinajstić information content (AvgIpc) is 3.01. The molecular weight excluding hydrogens is 310 g/mol. The predicted octanol–water partition coefficient (Wildman–Crippen LogP) is 2.99. The quantitative estimate of drug-likeness (QED) is 0.617. The first-order valence-corrected chi connectivity index (χ1v) is 8.05. The van der Waals surface area contributed by atoms with Gasteiger partial charge in [-0.15, -0.1) is 11.3 Å². The van der Waals surface area contributed by atoms with Crippen molar-refractivity contribution in [2.45, 2.75) is 20.4 Å². The molecule has 1 N–H and O–H groups in total. The minimum absolute atomic E-state index is 0.151. The standard InChI is InChI=1S/C17H21N3O2S/c1-4-6-8-10-15(21)18-12-14-13-23-17(19-14)20(3)16(22)11-9-7-5-2/h4-11,13H,12H2,1-3H3,(H,18,21)/b6-4+,7-5-,10-8-,11-9+. The van der Waals surface area contributed by atoms with Crippen LogP contribution in [-0.4, -0.2) is 23.8 Å². The van der Waals surface area contributed by atoms with Gasteiger partial charge in [-0.3, -0.25) is 14.5 Å². The zero-order valence-corrected chi connectivity index (χ0v) is 14.3. The van der Waals surface area contributed by atoms with Gasteiger partial charge in [-0.25, -0.2) is 4.98 Å². The summed E-state index contributed by atoms with van der Waals surface area (Å²) >= 11 is 1.36. The van der Waals surface area contributed by atoms with E-state index in [0.29, 0.717) is 11.7 Å². The van der Waals surface area contributed by atoms with Crippen LogP contribution in [0.5, 0.6) is 0 Å². The average molecular weight is 331 g/mol. The lowest BCUT2D eigenvalue weighted by molar-refractivity contribution is -0.116. The molecule has 23 heavy (non-hydrogen) atoms. The number of hydrogen-bond donors (Lipinski definition) is 1. The van der Waals surface area contributed by atoms with Crippen LogP contribution in [0, 0.1) is 0 Å². The highest BCUT2D eigenvalue weighted by molar-refractivity contribution is 7.14. The maximum absolute atomic E-state index is 11.9. The van der Waals surface area contributed by atoms with E-state index in [1.165, 1.54) is 28.4 Å². The van der Waals surface area contributed by atoms with Crippen LogP contribution in [0.4, 0.5) is 5.13 Å². The number of hydrogen-bond acceptors (Lipinski definition) is 4. The summed E-state index contributed by atoms with van der Waals surface area (Å²) in [6, 6.07) is 0. The Balaban J connectivity index is 2.57. The molecule has 0 bridgehead atoms. The van der Waals surface area contributed by atoms with Gasteiger partial charge in [0.05, 0.1) is 12.2 Å². The maximum atomic E-state index is 11.9. The second kappa shape index (κ2) is 10.3. The highest BCUT2D eigenvalue weighted by Gasteiger charge is 2.12. The maximum Gasteiger partial charge on any atom is 0.252 e. The number of anilines is 1. The molecule has 2 amide bonds. The first kappa shape index (κ1) is 18.6. The van der Waals surface area contributed by atoms with Crippen molar-refractivity contribution in [1.82, 2.24) is 10.3 Å². The lowest BCUT2D eigenvalue weighted by Gasteiger charge is -2.10. The third-order valence-electron chi connectivity index (χ3n) is 2.69. The van der Waals surface area contributed by atoms with Gasteiger partial charge in [0.25, 0.3) is 5.91 Å². The SMILES string of the molecule is C/C=C\C=C\C(=O)N(C)c1nc(CNC(=O)/C=C\C=C\C)cs1. The molecular formula is C17H21N3O2S. The summed E-state index contributed by atoms with van der Waals surface area (Å²) < 4.78 is 0. The Kier molecular flexibility index (Phi) is 8.31. The summed E-state index contributed by atoms with van der Waals surface area (Å²) in [5, 5.41) is 5.15. The topological polar surface area (TPSA) is 62.3 Å². The van der Waals surface area contributed by atoms with Crippen LogP contribution in [0.3, 0.4) is 0 Å². The van der Waals surface area contributed by atoms with Crippen LogP contribution in [0.15, 0.2) is 54.0 Å². The van der Waals surface area contributed by atoms with Gasteiger partial charge in [0.15, 0.2) is 5.13 Å². The van der Waals surface area contributed by atoms with Crippen LogP contribution in [0.2, 0.25) is 0 Å². The van der Waals surface area contributed by atoms with Crippen molar-refractivity contribution >= 4 is 28.3 Å². The molecule has 1 aromatic rings. The van der Waals surface area contributed by atoms with Gasteiger partial charge in [-0.2, -0.15) is 0 Å². The number of thiazole rings is 1. The van der Waals surface area contributed by atoms with Crippen molar-refractivity contribution in [2.75, 3.05) is 11.9 Å². The van der Waals surface area contributed by atoms with Gasteiger partial charge in [0, 0.05) is 24.6 Å². The summed E-state index contributed by atoms with van der Waals surface area (Å²) in [6.07, 6.45) is 13.5. The Labute approximate surface area is 140 Å². The minimum atomic E-state index is -0.184. The molecule has 0 fully saturated rings. The molecule has 0 radical (unpaired) electrons. The van der Waals surface area contributed by atoms with E-state index in [2.05, 4.69) is 10.3 Å². The third-order valence-corrected chi connectivity index (χ3v) is 3.66. The molecule has 0 aliphatic heterocycles. The Morgan fingerprint density at radius 2 is 1.83 bits per heavy atom. The molecule has 0 atom stereocenters. The molecule has 1 heterocycles. The van der Waals surface area contributed by atoms with Gasteiger partial charge in [-0.1, -0.05) is 36.5 Å². The molecule has 0 aliphatic carbocycles. The van der Waals surface area contributed by atoms with Gasteiger partial charge >= 0.3 is 0 Å². The molecule has 122 valence electrons. The molecule has 0 aliphatic rings. The summed E-state index contributed by atoms with van der Waals surface area (Å²) in [6.45, 7) is 4.09.